The number of rotatable bonds is 2. The first-order valence-corrected chi connectivity index (χ1v) is 5.00. The zero-order valence-electron chi connectivity index (χ0n) is 7.78. The van der Waals surface area contributed by atoms with Crippen LogP contribution in [0, 0.1) is 5.41 Å². The summed E-state index contributed by atoms with van der Waals surface area (Å²) in [5.74, 6) is 0. The van der Waals surface area contributed by atoms with Crippen molar-refractivity contribution in [2.45, 2.75) is 38.2 Å². The highest BCUT2D eigenvalue weighted by molar-refractivity contribution is 4.95. The van der Waals surface area contributed by atoms with Crippen molar-refractivity contribution in [1.29, 1.82) is 0 Å². The molecule has 2 fully saturated rings. The summed E-state index contributed by atoms with van der Waals surface area (Å²) >= 11 is 0. The van der Waals surface area contributed by atoms with Crippen LogP contribution in [-0.2, 0) is 4.74 Å². The van der Waals surface area contributed by atoms with Gasteiger partial charge in [0.15, 0.2) is 0 Å². The van der Waals surface area contributed by atoms with Crippen LogP contribution in [0.2, 0.25) is 0 Å². The van der Waals surface area contributed by atoms with E-state index in [-0.39, 0.29) is 6.10 Å². The topological polar surface area (TPSA) is 58.0 Å². The fourth-order valence-corrected chi connectivity index (χ4v) is 2.75. The van der Waals surface area contributed by atoms with Gasteiger partial charge in [0.1, 0.15) is 0 Å². The van der Waals surface area contributed by atoms with E-state index in [1.807, 2.05) is 0 Å². The first-order valence-electron chi connectivity index (χ1n) is 5.00. The van der Waals surface area contributed by atoms with Gasteiger partial charge in [-0.1, -0.05) is 18.0 Å². The Bertz CT molecular complexity index is 224. The Hall–Kier alpha value is -0.730. The van der Waals surface area contributed by atoms with Crippen molar-refractivity contribution in [1.82, 2.24) is 0 Å². The quantitative estimate of drug-likeness (QED) is 0.367. The van der Waals surface area contributed by atoms with E-state index in [2.05, 4.69) is 10.0 Å². The lowest BCUT2D eigenvalue weighted by molar-refractivity contribution is 0.0584. The predicted octanol–water partition coefficient (Wildman–Crippen LogP) is 2.65. The number of azide groups is 1. The molecule has 1 spiro atoms. The number of hydrogen-bond donors (Lipinski definition) is 0. The maximum Gasteiger partial charge on any atom is 0.0688 e. The van der Waals surface area contributed by atoms with E-state index < -0.39 is 0 Å². The molecule has 4 nitrogen and oxygen atoms in total. The van der Waals surface area contributed by atoms with Gasteiger partial charge in [0.25, 0.3) is 0 Å². The summed E-state index contributed by atoms with van der Waals surface area (Å²) in [7, 11) is 0. The third kappa shape index (κ3) is 1.52. The molecule has 1 aliphatic heterocycles. The summed E-state index contributed by atoms with van der Waals surface area (Å²) in [6.07, 6.45) is 6.52. The van der Waals surface area contributed by atoms with E-state index in [4.69, 9.17) is 10.3 Å². The molecule has 0 aromatic carbocycles. The van der Waals surface area contributed by atoms with Crippen LogP contribution in [0.15, 0.2) is 5.11 Å². The molecule has 1 saturated carbocycles. The summed E-state index contributed by atoms with van der Waals surface area (Å²) < 4.78 is 5.63. The maximum absolute atomic E-state index is 8.26. The normalized spacial score (nSPS) is 30.6. The predicted molar refractivity (Wildman–Crippen MR) is 49.3 cm³/mol. The van der Waals surface area contributed by atoms with E-state index in [1.165, 1.54) is 32.1 Å². The molecule has 0 radical (unpaired) electrons. The molecular formula is C9H15N3O. The molecule has 0 bridgehead atoms. The molecule has 0 aromatic rings. The lowest BCUT2D eigenvalue weighted by Gasteiger charge is -2.27. The number of hydrogen-bond acceptors (Lipinski definition) is 2. The van der Waals surface area contributed by atoms with Crippen LogP contribution in [0.5, 0.6) is 0 Å². The Morgan fingerprint density at radius 2 is 2.15 bits per heavy atom. The van der Waals surface area contributed by atoms with E-state index in [0.717, 1.165) is 6.61 Å². The van der Waals surface area contributed by atoms with Crippen LogP contribution in [0.3, 0.4) is 0 Å². The second-order valence-electron chi connectivity index (χ2n) is 4.09. The second kappa shape index (κ2) is 3.56. The first-order chi connectivity index (χ1) is 6.37. The van der Waals surface area contributed by atoms with Crippen molar-refractivity contribution in [2.75, 3.05) is 13.2 Å². The minimum atomic E-state index is 0.200. The molecule has 1 aliphatic carbocycles. The molecule has 1 saturated heterocycles. The van der Waals surface area contributed by atoms with Crippen LogP contribution in [0.25, 0.3) is 10.4 Å². The lowest BCUT2D eigenvalue weighted by Crippen LogP contribution is -2.30. The van der Waals surface area contributed by atoms with Gasteiger partial charge in [0, 0.05) is 11.5 Å². The van der Waals surface area contributed by atoms with Gasteiger partial charge in [-0.2, -0.15) is 0 Å². The molecule has 0 amide bonds. The first kappa shape index (κ1) is 8.85. The Morgan fingerprint density at radius 3 is 2.85 bits per heavy atom. The van der Waals surface area contributed by atoms with Crippen LogP contribution < -0.4 is 0 Å². The van der Waals surface area contributed by atoms with Gasteiger partial charge < -0.3 is 4.74 Å². The van der Waals surface area contributed by atoms with E-state index >= 15 is 0 Å². The highest BCUT2D eigenvalue weighted by atomic mass is 16.5. The highest BCUT2D eigenvalue weighted by Crippen LogP contribution is 2.48. The standard InChI is InChI=1S/C9H15N3O/c10-12-11-7-8-9(5-6-13-8)3-1-2-4-9/h8H,1-7H2. The molecule has 1 heterocycles. The average Bonchev–Trinajstić information content (AvgIpc) is 2.75. The van der Waals surface area contributed by atoms with Crippen LogP contribution in [0.4, 0.5) is 0 Å². The molecule has 1 atom stereocenters. The monoisotopic (exact) mass is 181 g/mol. The van der Waals surface area contributed by atoms with Gasteiger partial charge in [-0.25, -0.2) is 0 Å². The fourth-order valence-electron chi connectivity index (χ4n) is 2.75. The van der Waals surface area contributed by atoms with Gasteiger partial charge in [0.05, 0.1) is 12.6 Å². The third-order valence-electron chi connectivity index (χ3n) is 3.51. The van der Waals surface area contributed by atoms with Crippen molar-refractivity contribution in [2.24, 2.45) is 10.5 Å². The van der Waals surface area contributed by atoms with Crippen molar-refractivity contribution in [3.8, 4) is 0 Å². The lowest BCUT2D eigenvalue weighted by atomic mass is 9.79. The molecule has 2 rings (SSSR count). The SMILES string of the molecule is [N-]=[N+]=NCC1OCCC12CCCC2. The molecule has 0 N–H and O–H groups in total. The molecule has 2 aliphatic rings. The van der Waals surface area contributed by atoms with Gasteiger partial charge >= 0.3 is 0 Å². The maximum atomic E-state index is 8.26. The summed E-state index contributed by atoms with van der Waals surface area (Å²) in [4.78, 5) is 2.80. The summed E-state index contributed by atoms with van der Waals surface area (Å²) in [6.45, 7) is 1.38. The Morgan fingerprint density at radius 1 is 1.38 bits per heavy atom. The smallest absolute Gasteiger partial charge is 0.0688 e. The zero-order chi connectivity index (χ0) is 9.15. The zero-order valence-corrected chi connectivity index (χ0v) is 7.78. The third-order valence-corrected chi connectivity index (χ3v) is 3.51. The van der Waals surface area contributed by atoms with Crippen LogP contribution in [0.1, 0.15) is 32.1 Å². The average molecular weight is 181 g/mol. The van der Waals surface area contributed by atoms with Gasteiger partial charge in [-0.3, -0.25) is 0 Å². The fraction of sp³-hybridized carbons (Fsp3) is 1.00. The molecule has 1 unspecified atom stereocenters. The van der Waals surface area contributed by atoms with E-state index in [9.17, 15) is 0 Å². The minimum Gasteiger partial charge on any atom is -0.377 e. The van der Waals surface area contributed by atoms with Crippen LogP contribution >= 0.6 is 0 Å². The Kier molecular flexibility index (Phi) is 2.42. The van der Waals surface area contributed by atoms with Crippen molar-refractivity contribution in [3.63, 3.8) is 0 Å². The van der Waals surface area contributed by atoms with Crippen LogP contribution in [-0.4, -0.2) is 19.3 Å². The van der Waals surface area contributed by atoms with Crippen molar-refractivity contribution >= 4 is 0 Å². The number of nitrogens with zero attached hydrogens (tertiary/aromatic N) is 3. The Labute approximate surface area is 77.9 Å². The van der Waals surface area contributed by atoms with Gasteiger partial charge in [-0.05, 0) is 30.2 Å². The molecular weight excluding hydrogens is 166 g/mol. The molecule has 4 heteroatoms. The van der Waals surface area contributed by atoms with Gasteiger partial charge in [-0.15, -0.1) is 0 Å². The van der Waals surface area contributed by atoms with Crippen molar-refractivity contribution in [3.05, 3.63) is 10.4 Å². The van der Waals surface area contributed by atoms with Crippen molar-refractivity contribution < 1.29 is 4.74 Å². The summed E-state index contributed by atoms with van der Waals surface area (Å²) in [5.41, 5.74) is 8.63. The molecule has 0 aromatic heterocycles. The number of ether oxygens (including phenoxy) is 1. The minimum absolute atomic E-state index is 0.200. The second-order valence-corrected chi connectivity index (χ2v) is 4.09. The van der Waals surface area contributed by atoms with Gasteiger partial charge in [0.2, 0.25) is 0 Å². The molecule has 13 heavy (non-hydrogen) atoms. The van der Waals surface area contributed by atoms with E-state index in [0.29, 0.717) is 12.0 Å². The summed E-state index contributed by atoms with van der Waals surface area (Å²) in [5, 5.41) is 3.63. The van der Waals surface area contributed by atoms with E-state index in [1.54, 1.807) is 0 Å². The highest BCUT2D eigenvalue weighted by Gasteiger charge is 2.45. The largest absolute Gasteiger partial charge is 0.377 e. The molecule has 72 valence electrons. The summed E-state index contributed by atoms with van der Waals surface area (Å²) in [6, 6.07) is 0. The Balaban J connectivity index is 2.04.